The van der Waals surface area contributed by atoms with Crippen LogP contribution in [0.4, 0.5) is 0 Å². The molecule has 144 valence electrons. The molecular formula is C21H24BrNO4. The van der Waals surface area contributed by atoms with Gasteiger partial charge in [-0.2, -0.15) is 0 Å². The molecular weight excluding hydrogens is 410 g/mol. The molecule has 2 aromatic rings. The van der Waals surface area contributed by atoms with Gasteiger partial charge in [0, 0.05) is 0 Å². The molecule has 0 saturated heterocycles. The Balaban J connectivity index is 1.56. The molecule has 0 spiro atoms. The third-order valence-corrected chi connectivity index (χ3v) is 5.04. The maximum atomic E-state index is 12.3. The Kier molecular flexibility index (Phi) is 6.26. The van der Waals surface area contributed by atoms with Crippen molar-refractivity contribution in [3.63, 3.8) is 0 Å². The topological polar surface area (TPSA) is 56.8 Å². The first-order chi connectivity index (χ1) is 12.9. The van der Waals surface area contributed by atoms with E-state index in [1.807, 2.05) is 43.3 Å². The molecule has 27 heavy (non-hydrogen) atoms. The Morgan fingerprint density at radius 2 is 1.78 bits per heavy atom. The number of nitrogens with one attached hydrogen (secondary N) is 1. The molecule has 1 atom stereocenters. The second kappa shape index (κ2) is 8.65. The largest absolute Gasteiger partial charge is 0.486 e. The van der Waals surface area contributed by atoms with Crippen LogP contribution in [-0.2, 0) is 4.79 Å². The smallest absolute Gasteiger partial charge is 0.258 e. The van der Waals surface area contributed by atoms with Crippen molar-refractivity contribution in [1.29, 1.82) is 0 Å². The van der Waals surface area contributed by atoms with Crippen molar-refractivity contribution in [3.8, 4) is 17.2 Å². The zero-order chi connectivity index (χ0) is 19.4. The van der Waals surface area contributed by atoms with Gasteiger partial charge in [-0.1, -0.05) is 26.0 Å². The number of rotatable bonds is 6. The van der Waals surface area contributed by atoms with Crippen LogP contribution >= 0.6 is 15.9 Å². The van der Waals surface area contributed by atoms with E-state index in [2.05, 4.69) is 35.1 Å². The number of hydrogen-bond donors (Lipinski definition) is 1. The van der Waals surface area contributed by atoms with E-state index >= 15 is 0 Å². The molecule has 0 aliphatic carbocycles. The lowest BCUT2D eigenvalue weighted by Crippen LogP contribution is -2.31. The summed E-state index contributed by atoms with van der Waals surface area (Å²) in [6.07, 6.45) is 0. The standard InChI is InChI=1S/C21H24BrNO4/c1-13(2)15-4-6-18(17(22)10-15)27-12-21(24)23-14(3)16-5-7-19-20(11-16)26-9-8-25-19/h4-7,10-11,13-14H,8-9,12H2,1-3H3,(H,23,24). The molecule has 0 aromatic heterocycles. The highest BCUT2D eigenvalue weighted by Gasteiger charge is 2.16. The molecule has 0 saturated carbocycles. The first-order valence-electron chi connectivity index (χ1n) is 9.05. The van der Waals surface area contributed by atoms with Crippen LogP contribution in [0.1, 0.15) is 43.9 Å². The predicted molar refractivity (Wildman–Crippen MR) is 108 cm³/mol. The second-order valence-corrected chi connectivity index (χ2v) is 7.68. The quantitative estimate of drug-likeness (QED) is 0.722. The van der Waals surface area contributed by atoms with Crippen molar-refractivity contribution >= 4 is 21.8 Å². The van der Waals surface area contributed by atoms with Crippen molar-refractivity contribution in [2.75, 3.05) is 19.8 Å². The number of halogens is 1. The lowest BCUT2D eigenvalue weighted by Gasteiger charge is -2.21. The van der Waals surface area contributed by atoms with Gasteiger partial charge in [0.2, 0.25) is 0 Å². The van der Waals surface area contributed by atoms with E-state index in [0.717, 1.165) is 15.8 Å². The Morgan fingerprint density at radius 1 is 1.07 bits per heavy atom. The van der Waals surface area contributed by atoms with E-state index in [9.17, 15) is 4.79 Å². The molecule has 0 bridgehead atoms. The van der Waals surface area contributed by atoms with Crippen molar-refractivity contribution in [1.82, 2.24) is 5.32 Å². The normalized spacial score (nSPS) is 14.0. The third kappa shape index (κ3) is 4.95. The summed E-state index contributed by atoms with van der Waals surface area (Å²) in [5, 5.41) is 2.95. The van der Waals surface area contributed by atoms with E-state index < -0.39 is 0 Å². The zero-order valence-corrected chi connectivity index (χ0v) is 17.3. The fraction of sp³-hybridized carbons (Fsp3) is 0.381. The monoisotopic (exact) mass is 433 g/mol. The first-order valence-corrected chi connectivity index (χ1v) is 9.84. The molecule has 1 heterocycles. The fourth-order valence-corrected chi connectivity index (χ4v) is 3.34. The third-order valence-electron chi connectivity index (χ3n) is 4.43. The predicted octanol–water partition coefficient (Wildman–Crippen LogP) is 4.60. The number of carbonyl (C=O) groups excluding carboxylic acids is 1. The van der Waals surface area contributed by atoms with Crippen LogP contribution in [0.5, 0.6) is 17.2 Å². The van der Waals surface area contributed by atoms with Crippen molar-refractivity contribution in [2.24, 2.45) is 0 Å². The number of carbonyl (C=O) groups is 1. The van der Waals surface area contributed by atoms with Crippen LogP contribution in [0.25, 0.3) is 0 Å². The summed E-state index contributed by atoms with van der Waals surface area (Å²) < 4.78 is 17.6. The van der Waals surface area contributed by atoms with Crippen LogP contribution in [0, 0.1) is 0 Å². The summed E-state index contributed by atoms with van der Waals surface area (Å²) in [5.74, 6) is 2.36. The van der Waals surface area contributed by atoms with E-state index in [0.29, 0.717) is 30.6 Å². The van der Waals surface area contributed by atoms with Crippen molar-refractivity contribution in [2.45, 2.75) is 32.7 Å². The minimum Gasteiger partial charge on any atom is -0.486 e. The maximum Gasteiger partial charge on any atom is 0.258 e. The molecule has 1 unspecified atom stereocenters. The minimum atomic E-state index is -0.183. The molecule has 1 aliphatic rings. The Bertz CT molecular complexity index is 822. The summed E-state index contributed by atoms with van der Waals surface area (Å²) >= 11 is 3.51. The fourth-order valence-electron chi connectivity index (χ4n) is 2.83. The van der Waals surface area contributed by atoms with Crippen molar-refractivity contribution in [3.05, 3.63) is 52.0 Å². The molecule has 0 fully saturated rings. The van der Waals surface area contributed by atoms with Crippen LogP contribution in [0.2, 0.25) is 0 Å². The van der Waals surface area contributed by atoms with Crippen LogP contribution in [0.15, 0.2) is 40.9 Å². The minimum absolute atomic E-state index is 0.0471. The van der Waals surface area contributed by atoms with Crippen LogP contribution in [0.3, 0.4) is 0 Å². The van der Waals surface area contributed by atoms with E-state index in [-0.39, 0.29) is 18.6 Å². The summed E-state index contributed by atoms with van der Waals surface area (Å²) in [5.41, 5.74) is 2.17. The van der Waals surface area contributed by atoms with E-state index in [1.165, 1.54) is 5.56 Å². The van der Waals surface area contributed by atoms with Gasteiger partial charge in [-0.3, -0.25) is 4.79 Å². The van der Waals surface area contributed by atoms with E-state index in [1.54, 1.807) is 0 Å². The Labute approximate surface area is 168 Å². The first kappa shape index (κ1) is 19.5. The number of hydrogen-bond acceptors (Lipinski definition) is 4. The number of ether oxygens (including phenoxy) is 3. The van der Waals surface area contributed by atoms with Gasteiger partial charge in [-0.15, -0.1) is 0 Å². The molecule has 1 aliphatic heterocycles. The zero-order valence-electron chi connectivity index (χ0n) is 15.8. The van der Waals surface area contributed by atoms with Gasteiger partial charge in [0.1, 0.15) is 19.0 Å². The highest BCUT2D eigenvalue weighted by molar-refractivity contribution is 9.10. The SMILES string of the molecule is CC(C)c1ccc(OCC(=O)NC(C)c2ccc3c(c2)OCCO3)c(Br)c1. The molecule has 6 heteroatoms. The summed E-state index contributed by atoms with van der Waals surface area (Å²) in [4.78, 5) is 12.3. The van der Waals surface area contributed by atoms with Gasteiger partial charge in [0.15, 0.2) is 18.1 Å². The van der Waals surface area contributed by atoms with Gasteiger partial charge in [0.25, 0.3) is 5.91 Å². The lowest BCUT2D eigenvalue weighted by atomic mass is 10.0. The van der Waals surface area contributed by atoms with Gasteiger partial charge >= 0.3 is 0 Å². The average Bonchev–Trinajstić information content (AvgIpc) is 2.66. The highest BCUT2D eigenvalue weighted by atomic mass is 79.9. The molecule has 5 nitrogen and oxygen atoms in total. The molecule has 2 aromatic carbocycles. The summed E-state index contributed by atoms with van der Waals surface area (Å²) in [6.45, 7) is 7.24. The number of benzene rings is 2. The highest BCUT2D eigenvalue weighted by Crippen LogP contribution is 2.32. The lowest BCUT2D eigenvalue weighted by molar-refractivity contribution is -0.123. The van der Waals surface area contributed by atoms with Gasteiger partial charge in [-0.05, 0) is 64.2 Å². The number of fused-ring (bicyclic) bond motifs is 1. The van der Waals surface area contributed by atoms with Gasteiger partial charge in [-0.25, -0.2) is 0 Å². The molecule has 3 rings (SSSR count). The summed E-state index contributed by atoms with van der Waals surface area (Å²) in [7, 11) is 0. The molecule has 0 radical (unpaired) electrons. The molecule has 1 N–H and O–H groups in total. The Morgan fingerprint density at radius 3 is 2.48 bits per heavy atom. The van der Waals surface area contributed by atoms with Crippen LogP contribution < -0.4 is 19.5 Å². The second-order valence-electron chi connectivity index (χ2n) is 6.83. The van der Waals surface area contributed by atoms with Crippen LogP contribution in [-0.4, -0.2) is 25.7 Å². The van der Waals surface area contributed by atoms with Gasteiger partial charge < -0.3 is 19.5 Å². The molecule has 1 amide bonds. The number of amides is 1. The summed E-state index contributed by atoms with van der Waals surface area (Å²) in [6, 6.07) is 11.5. The van der Waals surface area contributed by atoms with Crippen molar-refractivity contribution < 1.29 is 19.0 Å². The van der Waals surface area contributed by atoms with Gasteiger partial charge in [0.05, 0.1) is 10.5 Å². The maximum absolute atomic E-state index is 12.3. The average molecular weight is 434 g/mol. The van der Waals surface area contributed by atoms with E-state index in [4.69, 9.17) is 14.2 Å². The Hall–Kier alpha value is -2.21.